The van der Waals surface area contributed by atoms with Crippen molar-refractivity contribution < 1.29 is 43.8 Å². The summed E-state index contributed by atoms with van der Waals surface area (Å²) >= 11 is 14.9. The largest absolute Gasteiger partial charge is 0.504 e. The van der Waals surface area contributed by atoms with Crippen molar-refractivity contribution in [1.82, 2.24) is 40.7 Å². The van der Waals surface area contributed by atoms with Gasteiger partial charge in [0.1, 0.15) is 40.6 Å². The number of anilines is 1. The van der Waals surface area contributed by atoms with Gasteiger partial charge in [-0.1, -0.05) is 39.7 Å². The number of carboxylic acids is 1. The van der Waals surface area contributed by atoms with Crippen LogP contribution in [0.3, 0.4) is 0 Å². The van der Waals surface area contributed by atoms with Gasteiger partial charge in [0, 0.05) is 24.2 Å². The number of carbonyl (C=O) groups excluding carboxylic acids is 3. The van der Waals surface area contributed by atoms with Gasteiger partial charge in [0.05, 0.1) is 48.9 Å². The van der Waals surface area contributed by atoms with Crippen LogP contribution < -0.4 is 11.1 Å². The van der Waals surface area contributed by atoms with E-state index < -0.39 is 40.7 Å². The highest BCUT2D eigenvalue weighted by atomic mass is 35.5. The molecule has 53 heavy (non-hydrogen) atoms. The summed E-state index contributed by atoms with van der Waals surface area (Å²) in [6.45, 7) is 2.61. The van der Waals surface area contributed by atoms with Crippen LogP contribution in [-0.4, -0.2) is 147 Å². The molecule has 3 amide bonds. The number of piperazine rings is 1. The molecule has 23 heteroatoms. The summed E-state index contributed by atoms with van der Waals surface area (Å²) in [5, 5.41) is 49.1. The van der Waals surface area contributed by atoms with Gasteiger partial charge in [-0.15, -0.1) is 16.9 Å². The molecule has 0 bridgehead atoms. The summed E-state index contributed by atoms with van der Waals surface area (Å²) in [5.41, 5.74) is 6.91. The Labute approximate surface area is 318 Å². The quantitative estimate of drug-likeness (QED) is 0.0396. The van der Waals surface area contributed by atoms with Gasteiger partial charge < -0.3 is 40.6 Å². The van der Waals surface area contributed by atoms with Gasteiger partial charge in [-0.2, -0.15) is 0 Å². The van der Waals surface area contributed by atoms with Crippen molar-refractivity contribution >= 4 is 86.5 Å². The van der Waals surface area contributed by atoms with Gasteiger partial charge in [-0.25, -0.2) is 10.1 Å². The highest BCUT2D eigenvalue weighted by Gasteiger charge is 2.56. The number of aromatic amines is 1. The van der Waals surface area contributed by atoms with Gasteiger partial charge >= 0.3 is 5.97 Å². The summed E-state index contributed by atoms with van der Waals surface area (Å²) in [6, 6.07) is 1.74. The van der Waals surface area contributed by atoms with Crippen molar-refractivity contribution in [3.63, 3.8) is 0 Å². The predicted octanol–water partition coefficient (Wildman–Crippen LogP) is 1.10. The molecule has 4 aliphatic rings. The minimum absolute atomic E-state index is 0.0564. The molecular weight excluding hydrogens is 777 g/mol. The number of quaternary nitrogens is 1. The topological polar surface area (TPSA) is 262 Å². The molecule has 280 valence electrons. The maximum absolute atomic E-state index is 13.9. The fraction of sp³-hybridized carbons (Fsp3) is 0.433. The number of thiazole rings is 1. The van der Waals surface area contributed by atoms with Crippen molar-refractivity contribution in [3.05, 3.63) is 44.1 Å². The number of nitrogens with two attached hydrogens (primary N) is 1. The van der Waals surface area contributed by atoms with E-state index in [0.29, 0.717) is 47.9 Å². The maximum Gasteiger partial charge on any atom is 0.306 e. The van der Waals surface area contributed by atoms with E-state index in [1.54, 1.807) is 9.80 Å². The fourth-order valence-corrected chi connectivity index (χ4v) is 9.77. The number of rotatable bonds is 11. The number of halogens is 2. The summed E-state index contributed by atoms with van der Waals surface area (Å²) in [4.78, 5) is 64.3. The van der Waals surface area contributed by atoms with E-state index in [4.69, 9.17) is 38.9 Å². The van der Waals surface area contributed by atoms with Gasteiger partial charge in [0.25, 0.3) is 17.7 Å². The number of amides is 3. The van der Waals surface area contributed by atoms with Crippen molar-refractivity contribution in [3.8, 4) is 11.5 Å². The number of phenols is 2. The molecule has 3 aromatic rings. The van der Waals surface area contributed by atoms with E-state index in [9.17, 15) is 29.4 Å². The van der Waals surface area contributed by atoms with Crippen LogP contribution in [0.15, 0.2) is 22.9 Å². The number of thioether (sulfide) groups is 1. The third-order valence-electron chi connectivity index (χ3n) is 9.79. The van der Waals surface area contributed by atoms with Crippen LogP contribution in [0.1, 0.15) is 41.1 Å². The lowest BCUT2D eigenvalue weighted by atomic mass is 10.00. The maximum atomic E-state index is 13.9. The standard InChI is InChI=1S/C30H31Cl2N11O8S2/c31-18-15(3-4-16(44)23(18)47)27(49)41-6-8-43(7-1-2-14(43)10-41)11-13-12-52-29-21(28(50)42(29)22(13)25-36-39-40-37-25)34-26(48)20(38-51-9-5-17(45)46)19-24(32)53-30(33)35-19/h3-4,14,21,29H,1-2,5-12H2,(H6-,33,34,35,36,37,38,39,40,44,45,46,47,48,49)/p+1/t14-,21+,29+,43+/m0/s1. The summed E-state index contributed by atoms with van der Waals surface area (Å²) in [5.74, 6) is -2.86. The monoisotopic (exact) mass is 808 g/mol. The zero-order chi connectivity index (χ0) is 37.6. The first-order valence-electron chi connectivity index (χ1n) is 16.3. The molecule has 2 aromatic heterocycles. The first-order valence-corrected chi connectivity index (χ1v) is 18.9. The number of oxime groups is 1. The third-order valence-corrected chi connectivity index (χ3v) is 12.6. The lowest BCUT2D eigenvalue weighted by Gasteiger charge is -2.52. The molecule has 7 N–H and O–H groups in total. The highest BCUT2D eigenvalue weighted by molar-refractivity contribution is 8.00. The number of phenolic OH excluding ortho intramolecular Hbond substituents is 2. The van der Waals surface area contributed by atoms with E-state index in [0.717, 1.165) is 36.3 Å². The zero-order valence-electron chi connectivity index (χ0n) is 27.6. The normalized spacial score (nSPS) is 24.1. The van der Waals surface area contributed by atoms with Gasteiger partial charge in [-0.05, 0) is 22.6 Å². The molecule has 0 unspecified atom stereocenters. The van der Waals surface area contributed by atoms with Crippen molar-refractivity contribution in [1.29, 1.82) is 0 Å². The van der Waals surface area contributed by atoms with E-state index >= 15 is 0 Å². The van der Waals surface area contributed by atoms with Crippen LogP contribution in [0.2, 0.25) is 9.36 Å². The number of carbonyl (C=O) groups is 4. The SMILES string of the molecule is Nc1nc(/C(=N/OCCC(=O)O)C(=O)N[C@@H]2C(=O)N3C(c4nnn[nH]4)=C(C[N@+]45CCC[C@H]4CN(C(=O)c4ccc(O)c(O)c4Cl)CC5)CS[C@H]23)c(Cl)s1. The second-order valence-corrected chi connectivity index (χ2v) is 15.9. The molecule has 7 rings (SSSR count). The number of nitrogens with zero attached hydrogens (tertiary/aromatic N) is 8. The van der Waals surface area contributed by atoms with E-state index in [2.05, 4.69) is 36.1 Å². The number of benzene rings is 1. The average molecular weight is 810 g/mol. The number of fused-ring (bicyclic) bond motifs is 2. The third kappa shape index (κ3) is 6.82. The van der Waals surface area contributed by atoms with Crippen LogP contribution in [-0.2, 0) is 19.2 Å². The summed E-state index contributed by atoms with van der Waals surface area (Å²) in [6.07, 6.45) is 1.44. The van der Waals surface area contributed by atoms with Crippen molar-refractivity contribution in [2.75, 3.05) is 50.8 Å². The molecule has 0 aliphatic carbocycles. The molecule has 19 nitrogen and oxygen atoms in total. The lowest BCUT2D eigenvalue weighted by molar-refractivity contribution is -0.938. The number of β-lactam (4-membered cyclic amide) rings is 1. The fourth-order valence-electron chi connectivity index (χ4n) is 7.26. The Bertz CT molecular complexity index is 2050. The Morgan fingerprint density at radius 3 is 2.75 bits per heavy atom. The van der Waals surface area contributed by atoms with Gasteiger partial charge in [0.2, 0.25) is 0 Å². The number of nitrogen functional groups attached to an aromatic ring is 1. The smallest absolute Gasteiger partial charge is 0.306 e. The average Bonchev–Trinajstić information content (AvgIpc) is 3.89. The van der Waals surface area contributed by atoms with Crippen molar-refractivity contribution in [2.45, 2.75) is 36.7 Å². The van der Waals surface area contributed by atoms with Crippen molar-refractivity contribution in [2.24, 2.45) is 5.16 Å². The van der Waals surface area contributed by atoms with Crippen LogP contribution in [0.4, 0.5) is 5.13 Å². The lowest BCUT2D eigenvalue weighted by Crippen LogP contribution is -2.70. The molecule has 6 heterocycles. The second kappa shape index (κ2) is 14.6. The number of hydrogen-bond donors (Lipinski definition) is 6. The Hall–Kier alpha value is -4.70. The first-order chi connectivity index (χ1) is 25.4. The number of hydrogen-bond acceptors (Lipinski definition) is 15. The number of aliphatic carboxylic acids is 1. The zero-order valence-corrected chi connectivity index (χ0v) is 30.7. The number of aromatic nitrogens is 5. The minimum Gasteiger partial charge on any atom is -0.504 e. The molecule has 3 saturated heterocycles. The van der Waals surface area contributed by atoms with Crippen LogP contribution in [0.5, 0.6) is 11.5 Å². The summed E-state index contributed by atoms with van der Waals surface area (Å²) in [7, 11) is 0. The number of carboxylic acid groups (broad SMARTS) is 1. The van der Waals surface area contributed by atoms with E-state index in [1.807, 2.05) is 0 Å². The number of aromatic hydroxyl groups is 2. The minimum atomic E-state index is -1.12. The Morgan fingerprint density at radius 1 is 1.23 bits per heavy atom. The molecule has 0 spiro atoms. The number of nitrogens with one attached hydrogen (secondary N) is 2. The van der Waals surface area contributed by atoms with Crippen LogP contribution in [0, 0.1) is 0 Å². The molecule has 1 aromatic carbocycles. The highest BCUT2D eigenvalue weighted by Crippen LogP contribution is 2.45. The van der Waals surface area contributed by atoms with Gasteiger partial charge in [-0.3, -0.25) is 24.1 Å². The predicted molar refractivity (Wildman–Crippen MR) is 191 cm³/mol. The molecule has 3 fully saturated rings. The number of tetrazole rings is 1. The Morgan fingerprint density at radius 2 is 2.04 bits per heavy atom. The first kappa shape index (κ1) is 36.6. The summed E-state index contributed by atoms with van der Waals surface area (Å²) < 4.78 is 0.742. The Balaban J connectivity index is 1.10. The molecule has 0 radical (unpaired) electrons. The van der Waals surface area contributed by atoms with E-state index in [-0.39, 0.29) is 56.4 Å². The molecular formula is C30H32Cl2N11O8S2+. The second-order valence-electron chi connectivity index (χ2n) is 12.8. The van der Waals surface area contributed by atoms with Crippen LogP contribution in [0.25, 0.3) is 5.70 Å². The van der Waals surface area contributed by atoms with Gasteiger partial charge in [0.15, 0.2) is 28.2 Å². The Kier molecular flexibility index (Phi) is 10.1. The molecule has 0 saturated carbocycles. The van der Waals surface area contributed by atoms with E-state index in [1.165, 1.54) is 23.9 Å². The molecule has 4 atom stereocenters. The molecule has 4 aliphatic heterocycles. The number of H-pyrrole nitrogens is 1. The van der Waals surface area contributed by atoms with Crippen LogP contribution >= 0.6 is 46.3 Å².